The maximum absolute atomic E-state index is 13.3. The van der Waals surface area contributed by atoms with Crippen molar-refractivity contribution in [3.05, 3.63) is 52.8 Å². The number of hydrogen-bond donors (Lipinski definition) is 2. The normalized spacial score (nSPS) is 11.7. The molecule has 0 saturated heterocycles. The number of carboxylic acid groups (broad SMARTS) is 1. The maximum Gasteiger partial charge on any atom is 0.356 e. The Balaban J connectivity index is 0.00000192. The van der Waals surface area contributed by atoms with Crippen LogP contribution in [0.15, 0.2) is 35.7 Å². The molecule has 3 rings (SSSR count). The predicted octanol–water partition coefficient (Wildman–Crippen LogP) is 4.12. The van der Waals surface area contributed by atoms with Crippen molar-refractivity contribution in [2.24, 2.45) is 0 Å². The number of rotatable bonds is 4. The van der Waals surface area contributed by atoms with Gasteiger partial charge in [0.1, 0.15) is 5.82 Å². The van der Waals surface area contributed by atoms with Gasteiger partial charge < -0.3 is 10.4 Å². The van der Waals surface area contributed by atoms with Gasteiger partial charge in [-0.25, -0.2) is 19.2 Å². The summed E-state index contributed by atoms with van der Waals surface area (Å²) in [5.41, 5.74) is 1.27. The Morgan fingerprint density at radius 3 is 2.83 bits per heavy atom. The summed E-state index contributed by atoms with van der Waals surface area (Å²) in [6.45, 7) is 1.83. The van der Waals surface area contributed by atoms with Gasteiger partial charge >= 0.3 is 5.97 Å². The summed E-state index contributed by atoms with van der Waals surface area (Å²) in [5, 5.41) is 14.0. The molecule has 0 saturated carbocycles. The number of anilines is 1. The Kier molecular flexibility index (Phi) is 5.12. The number of benzene rings is 1. The molecular formula is C15H13ClFN3O2S. The van der Waals surface area contributed by atoms with Crippen LogP contribution < -0.4 is 5.32 Å². The molecular weight excluding hydrogens is 341 g/mol. The van der Waals surface area contributed by atoms with Crippen molar-refractivity contribution < 1.29 is 14.3 Å². The van der Waals surface area contributed by atoms with Crippen molar-refractivity contribution in [3.8, 4) is 0 Å². The minimum atomic E-state index is -1.10. The molecule has 0 fully saturated rings. The zero-order valence-corrected chi connectivity index (χ0v) is 13.6. The monoisotopic (exact) mass is 353 g/mol. The Morgan fingerprint density at radius 1 is 1.35 bits per heavy atom. The van der Waals surface area contributed by atoms with E-state index in [-0.39, 0.29) is 35.9 Å². The number of nitrogens with zero attached hydrogens (tertiary/aromatic N) is 2. The number of aromatic nitrogens is 2. The second kappa shape index (κ2) is 6.89. The van der Waals surface area contributed by atoms with Crippen LogP contribution in [0, 0.1) is 5.82 Å². The van der Waals surface area contributed by atoms with Crippen LogP contribution in [0.4, 0.5) is 10.3 Å². The summed E-state index contributed by atoms with van der Waals surface area (Å²) in [6, 6.07) is 7.67. The molecule has 0 unspecified atom stereocenters. The molecule has 23 heavy (non-hydrogen) atoms. The van der Waals surface area contributed by atoms with Gasteiger partial charge in [-0.05, 0) is 36.1 Å². The Hall–Kier alpha value is -2.25. The second-order valence-electron chi connectivity index (χ2n) is 4.76. The predicted molar refractivity (Wildman–Crippen MR) is 90.1 cm³/mol. The van der Waals surface area contributed by atoms with E-state index in [0.29, 0.717) is 10.2 Å². The zero-order chi connectivity index (χ0) is 15.7. The van der Waals surface area contributed by atoms with Crippen LogP contribution in [0.2, 0.25) is 0 Å². The molecule has 2 aromatic heterocycles. The first kappa shape index (κ1) is 17.1. The summed E-state index contributed by atoms with van der Waals surface area (Å²) in [5.74, 6) is -1.22. The fourth-order valence-corrected chi connectivity index (χ4v) is 2.94. The van der Waals surface area contributed by atoms with Crippen LogP contribution in [-0.4, -0.2) is 21.0 Å². The molecule has 2 N–H and O–H groups in total. The van der Waals surface area contributed by atoms with E-state index in [9.17, 15) is 14.3 Å². The van der Waals surface area contributed by atoms with Crippen molar-refractivity contribution in [2.75, 3.05) is 5.32 Å². The lowest BCUT2D eigenvalue weighted by Crippen LogP contribution is -2.12. The molecule has 0 spiro atoms. The van der Waals surface area contributed by atoms with E-state index >= 15 is 0 Å². The molecule has 0 bridgehead atoms. The smallest absolute Gasteiger partial charge is 0.356 e. The average molecular weight is 354 g/mol. The molecule has 120 valence electrons. The third kappa shape index (κ3) is 3.57. The lowest BCUT2D eigenvalue weighted by Gasteiger charge is -2.14. The number of carboxylic acids is 1. The first-order valence-corrected chi connectivity index (χ1v) is 7.43. The number of nitrogens with one attached hydrogen (secondary N) is 1. The van der Waals surface area contributed by atoms with Crippen molar-refractivity contribution in [1.29, 1.82) is 0 Å². The summed E-state index contributed by atoms with van der Waals surface area (Å²) in [6.07, 6.45) is 0. The Labute approximate surface area is 141 Å². The lowest BCUT2D eigenvalue weighted by atomic mass is 10.1. The van der Waals surface area contributed by atoms with Crippen molar-refractivity contribution >= 4 is 45.9 Å². The van der Waals surface area contributed by atoms with Crippen LogP contribution in [0.3, 0.4) is 0 Å². The van der Waals surface area contributed by atoms with Crippen LogP contribution in [-0.2, 0) is 0 Å². The number of fused-ring (bicyclic) bond motifs is 1. The summed E-state index contributed by atoms with van der Waals surface area (Å²) < 4.78 is 13.8. The molecule has 8 heteroatoms. The van der Waals surface area contributed by atoms with E-state index < -0.39 is 5.97 Å². The number of hydrogen-bond acceptors (Lipinski definition) is 5. The van der Waals surface area contributed by atoms with Crippen LogP contribution in [0.5, 0.6) is 0 Å². The average Bonchev–Trinajstić information content (AvgIpc) is 2.94. The first-order valence-electron chi connectivity index (χ1n) is 6.55. The fraction of sp³-hybridized carbons (Fsp3) is 0.133. The van der Waals surface area contributed by atoms with Crippen molar-refractivity contribution in [2.45, 2.75) is 13.0 Å². The zero-order valence-electron chi connectivity index (χ0n) is 12.0. The third-order valence-electron chi connectivity index (χ3n) is 3.20. The molecule has 0 aliphatic carbocycles. The highest BCUT2D eigenvalue weighted by Gasteiger charge is 2.16. The van der Waals surface area contributed by atoms with Gasteiger partial charge in [0.2, 0.25) is 5.95 Å². The highest BCUT2D eigenvalue weighted by molar-refractivity contribution is 7.17. The van der Waals surface area contributed by atoms with Crippen LogP contribution in [0.25, 0.3) is 10.2 Å². The van der Waals surface area contributed by atoms with E-state index in [1.807, 2.05) is 6.92 Å². The van der Waals surface area contributed by atoms with Crippen molar-refractivity contribution in [3.63, 3.8) is 0 Å². The van der Waals surface area contributed by atoms with Crippen molar-refractivity contribution in [1.82, 2.24) is 9.97 Å². The van der Waals surface area contributed by atoms with Gasteiger partial charge in [-0.3, -0.25) is 0 Å². The highest BCUT2D eigenvalue weighted by atomic mass is 35.5. The molecule has 3 aromatic rings. The van der Waals surface area contributed by atoms with Gasteiger partial charge in [0.15, 0.2) is 5.69 Å². The van der Waals surface area contributed by atoms with Gasteiger partial charge in [-0.1, -0.05) is 12.1 Å². The molecule has 1 aromatic carbocycles. The van der Waals surface area contributed by atoms with E-state index in [4.69, 9.17) is 0 Å². The number of carbonyl (C=O) groups is 1. The van der Waals surface area contributed by atoms with E-state index in [1.165, 1.54) is 23.5 Å². The standard InChI is InChI=1S/C15H12FN3O2S.ClH/c1-8(9-3-2-4-10(16)7-9)17-15-18-11-5-6-22-13(11)12(19-15)14(20)21;/h2-8H,1H3,(H,20,21)(H,17,18,19);1H/t8-;/m0./s1. The first-order chi connectivity index (χ1) is 10.5. The Morgan fingerprint density at radius 2 is 2.13 bits per heavy atom. The molecule has 0 amide bonds. The maximum atomic E-state index is 13.3. The topological polar surface area (TPSA) is 75.1 Å². The van der Waals surface area contributed by atoms with Gasteiger partial charge in [0.05, 0.1) is 16.3 Å². The number of thiophene rings is 1. The van der Waals surface area contributed by atoms with Gasteiger partial charge in [-0.2, -0.15) is 0 Å². The molecule has 0 aliphatic heterocycles. The summed E-state index contributed by atoms with van der Waals surface area (Å²) in [4.78, 5) is 19.7. The minimum absolute atomic E-state index is 0. The van der Waals surface area contributed by atoms with Crippen LogP contribution in [0.1, 0.15) is 29.0 Å². The SMILES string of the molecule is C[C@H](Nc1nc(C(=O)O)c2sccc2n1)c1cccc(F)c1.Cl. The molecule has 2 heterocycles. The number of aromatic carboxylic acids is 1. The highest BCUT2D eigenvalue weighted by Crippen LogP contribution is 2.25. The van der Waals surface area contributed by atoms with Gasteiger partial charge in [-0.15, -0.1) is 23.7 Å². The van der Waals surface area contributed by atoms with Gasteiger partial charge in [0, 0.05) is 0 Å². The molecule has 1 atom stereocenters. The van der Waals surface area contributed by atoms with E-state index in [2.05, 4.69) is 15.3 Å². The Bertz CT molecular complexity index is 856. The third-order valence-corrected chi connectivity index (χ3v) is 4.11. The second-order valence-corrected chi connectivity index (χ2v) is 5.67. The lowest BCUT2D eigenvalue weighted by molar-refractivity contribution is 0.0693. The summed E-state index contributed by atoms with van der Waals surface area (Å²) in [7, 11) is 0. The molecule has 0 radical (unpaired) electrons. The van der Waals surface area contributed by atoms with E-state index in [1.54, 1.807) is 23.6 Å². The summed E-state index contributed by atoms with van der Waals surface area (Å²) >= 11 is 1.28. The molecule has 0 aliphatic rings. The number of halogens is 2. The minimum Gasteiger partial charge on any atom is -0.476 e. The quantitative estimate of drug-likeness (QED) is 0.737. The fourth-order valence-electron chi connectivity index (χ4n) is 2.13. The van der Waals surface area contributed by atoms with Crippen LogP contribution >= 0.6 is 23.7 Å². The van der Waals surface area contributed by atoms with E-state index in [0.717, 1.165) is 5.56 Å². The largest absolute Gasteiger partial charge is 0.476 e. The van der Waals surface area contributed by atoms with Gasteiger partial charge in [0.25, 0.3) is 0 Å². The molecule has 5 nitrogen and oxygen atoms in total.